The maximum Gasteiger partial charge on any atom is 0.425 e. The van der Waals surface area contributed by atoms with E-state index >= 15 is 0 Å². The third-order valence-electron chi connectivity index (χ3n) is 7.69. The van der Waals surface area contributed by atoms with Crippen molar-refractivity contribution in [2.75, 3.05) is 25.2 Å². The van der Waals surface area contributed by atoms with E-state index in [9.17, 15) is 22.2 Å². The van der Waals surface area contributed by atoms with Crippen LogP contribution in [0.2, 0.25) is 0 Å². The molecule has 0 bridgehead atoms. The maximum absolute atomic E-state index is 14.3. The lowest BCUT2D eigenvalue weighted by molar-refractivity contribution is -0.141. The standard InChI is InChI=1S/C31H32F3NO6S/c1-17-12-20(39-10-5-11-42(3)38)13-18(2)27(17)23-7-4-6-22-21(23)8-9-25(22)41-30-28(31(32,33)34)29-24(15-35-30)19(16-40-29)14-26(36)37/h4,6-7,12-13,15,19,25H,5,8-11,14,16H2,1-3H3,(H,36,37). The van der Waals surface area contributed by atoms with Crippen molar-refractivity contribution >= 4 is 16.8 Å². The number of benzene rings is 2. The molecule has 1 N–H and O–H groups in total. The normalized spacial score (nSPS) is 18.2. The Hall–Kier alpha value is -3.60. The largest absolute Gasteiger partial charge is 0.494 e. The van der Waals surface area contributed by atoms with Gasteiger partial charge in [-0.15, -0.1) is 0 Å². The molecule has 0 fully saturated rings. The zero-order chi connectivity index (χ0) is 30.2. The molecule has 1 aliphatic carbocycles. The van der Waals surface area contributed by atoms with Crippen LogP contribution in [0.1, 0.15) is 64.7 Å². The quantitative estimate of drug-likeness (QED) is 0.263. The van der Waals surface area contributed by atoms with Crippen molar-refractivity contribution in [2.45, 2.75) is 57.7 Å². The number of alkyl halides is 3. The van der Waals surface area contributed by atoms with Gasteiger partial charge in [0.15, 0.2) is 5.56 Å². The van der Waals surface area contributed by atoms with Crippen molar-refractivity contribution in [1.82, 2.24) is 4.98 Å². The number of nitrogens with zero attached hydrogens (tertiary/aromatic N) is 1. The first-order valence-electron chi connectivity index (χ1n) is 13.7. The Labute approximate surface area is 244 Å². The summed E-state index contributed by atoms with van der Waals surface area (Å²) < 4.78 is 71.3. The third kappa shape index (κ3) is 6.11. The molecule has 0 saturated heterocycles. The smallest absolute Gasteiger partial charge is 0.425 e. The van der Waals surface area contributed by atoms with Crippen LogP contribution in [0.5, 0.6) is 17.4 Å². The van der Waals surface area contributed by atoms with E-state index in [2.05, 4.69) is 4.98 Å². The fourth-order valence-electron chi connectivity index (χ4n) is 5.92. The minimum atomic E-state index is -4.80. The molecule has 3 unspecified atom stereocenters. The number of aliphatic carboxylic acids is 1. The molecule has 42 heavy (non-hydrogen) atoms. The van der Waals surface area contributed by atoms with E-state index in [4.69, 9.17) is 19.3 Å². The summed E-state index contributed by atoms with van der Waals surface area (Å²) in [6.07, 6.45) is -1.10. The molecule has 5 rings (SSSR count). The molecule has 1 aromatic heterocycles. The molecular weight excluding hydrogens is 571 g/mol. The highest BCUT2D eigenvalue weighted by Crippen LogP contribution is 2.50. The predicted octanol–water partition coefficient (Wildman–Crippen LogP) is 6.55. The van der Waals surface area contributed by atoms with Gasteiger partial charge in [-0.3, -0.25) is 9.00 Å². The number of aromatic nitrogens is 1. The molecule has 2 aromatic carbocycles. The number of hydrogen-bond donors (Lipinski definition) is 1. The average Bonchev–Trinajstić information content (AvgIpc) is 3.49. The number of carboxylic acids is 1. The van der Waals surface area contributed by atoms with Gasteiger partial charge in [0.1, 0.15) is 17.6 Å². The van der Waals surface area contributed by atoms with Crippen molar-refractivity contribution in [3.63, 3.8) is 0 Å². The molecule has 224 valence electrons. The molecule has 0 radical (unpaired) electrons. The van der Waals surface area contributed by atoms with Gasteiger partial charge in [0.2, 0.25) is 5.88 Å². The molecule has 1 aliphatic heterocycles. The van der Waals surface area contributed by atoms with E-state index in [0.717, 1.165) is 39.1 Å². The molecule has 11 heteroatoms. The molecule has 3 aromatic rings. The highest BCUT2D eigenvalue weighted by atomic mass is 32.2. The number of hydrogen-bond acceptors (Lipinski definition) is 6. The molecule has 0 saturated carbocycles. The highest BCUT2D eigenvalue weighted by molar-refractivity contribution is 7.84. The molecule has 2 heterocycles. The maximum atomic E-state index is 14.3. The number of pyridine rings is 1. The fourth-order valence-corrected chi connectivity index (χ4v) is 6.45. The van der Waals surface area contributed by atoms with Gasteiger partial charge < -0.3 is 19.3 Å². The van der Waals surface area contributed by atoms with Crippen molar-refractivity contribution < 1.29 is 41.5 Å². The highest BCUT2D eigenvalue weighted by Gasteiger charge is 2.44. The van der Waals surface area contributed by atoms with Crippen LogP contribution in [0.25, 0.3) is 11.1 Å². The summed E-state index contributed by atoms with van der Waals surface area (Å²) in [5.41, 5.74) is 4.90. The van der Waals surface area contributed by atoms with Crippen molar-refractivity contribution in [1.29, 1.82) is 0 Å². The lowest BCUT2D eigenvalue weighted by Gasteiger charge is -2.20. The van der Waals surface area contributed by atoms with Crippen LogP contribution in [0.4, 0.5) is 13.2 Å². The second-order valence-electron chi connectivity index (χ2n) is 10.8. The number of aryl methyl sites for hydroxylation is 2. The van der Waals surface area contributed by atoms with E-state index in [-0.39, 0.29) is 18.6 Å². The second-order valence-corrected chi connectivity index (χ2v) is 12.3. The second kappa shape index (κ2) is 11.9. The number of fused-ring (bicyclic) bond motifs is 2. The molecule has 7 nitrogen and oxygen atoms in total. The summed E-state index contributed by atoms with van der Waals surface area (Å²) in [6.45, 7) is 4.31. The average molecular weight is 604 g/mol. The summed E-state index contributed by atoms with van der Waals surface area (Å²) in [6, 6.07) is 9.70. The van der Waals surface area contributed by atoms with E-state index in [1.54, 1.807) is 6.26 Å². The SMILES string of the molecule is Cc1cc(OCCCS(C)=O)cc(C)c1-c1cccc2c1CCC2Oc1ncc2c(c1C(F)(F)F)OCC2CC(=O)O. The van der Waals surface area contributed by atoms with Crippen LogP contribution < -0.4 is 14.2 Å². The Morgan fingerprint density at radius 3 is 2.60 bits per heavy atom. The summed E-state index contributed by atoms with van der Waals surface area (Å²) in [5.74, 6) is -1.48. The summed E-state index contributed by atoms with van der Waals surface area (Å²) in [5, 5.41) is 9.14. The summed E-state index contributed by atoms with van der Waals surface area (Å²) in [4.78, 5) is 15.2. The van der Waals surface area contributed by atoms with Gasteiger partial charge in [-0.1, -0.05) is 18.2 Å². The van der Waals surface area contributed by atoms with Gasteiger partial charge in [0.05, 0.1) is 19.6 Å². The van der Waals surface area contributed by atoms with Gasteiger partial charge >= 0.3 is 12.1 Å². The van der Waals surface area contributed by atoms with E-state index in [0.29, 0.717) is 31.6 Å². The lowest BCUT2D eigenvalue weighted by atomic mass is 9.90. The Kier molecular flexibility index (Phi) is 8.50. The Morgan fingerprint density at radius 1 is 1.19 bits per heavy atom. The van der Waals surface area contributed by atoms with E-state index in [1.807, 2.05) is 44.2 Å². The first kappa shape index (κ1) is 29.9. The Morgan fingerprint density at radius 2 is 1.93 bits per heavy atom. The Balaban J connectivity index is 1.42. The van der Waals surface area contributed by atoms with Crippen LogP contribution in [0.3, 0.4) is 0 Å². The Bertz CT molecular complexity index is 1520. The zero-order valence-electron chi connectivity index (χ0n) is 23.5. The minimum absolute atomic E-state index is 0.130. The van der Waals surface area contributed by atoms with Gasteiger partial charge in [0.25, 0.3) is 0 Å². The van der Waals surface area contributed by atoms with Crippen molar-refractivity contribution in [3.8, 4) is 28.5 Å². The van der Waals surface area contributed by atoms with Crippen LogP contribution >= 0.6 is 0 Å². The lowest BCUT2D eigenvalue weighted by Crippen LogP contribution is -2.14. The fraction of sp³-hybridized carbons (Fsp3) is 0.419. The third-order valence-corrected chi connectivity index (χ3v) is 8.55. The number of rotatable bonds is 10. The van der Waals surface area contributed by atoms with Gasteiger partial charge in [-0.05, 0) is 78.6 Å². The predicted molar refractivity (Wildman–Crippen MR) is 152 cm³/mol. The van der Waals surface area contributed by atoms with Crippen LogP contribution in [-0.4, -0.2) is 45.5 Å². The zero-order valence-corrected chi connectivity index (χ0v) is 24.4. The summed E-state index contributed by atoms with van der Waals surface area (Å²) >= 11 is 0. The van der Waals surface area contributed by atoms with Crippen molar-refractivity contribution in [2.24, 2.45) is 0 Å². The molecule has 0 amide bonds. The monoisotopic (exact) mass is 603 g/mol. The number of carboxylic acid groups (broad SMARTS) is 1. The van der Waals surface area contributed by atoms with Crippen LogP contribution in [0, 0.1) is 13.8 Å². The van der Waals surface area contributed by atoms with Gasteiger partial charge in [-0.2, -0.15) is 13.2 Å². The first-order chi connectivity index (χ1) is 19.9. The van der Waals surface area contributed by atoms with E-state index < -0.39 is 52.2 Å². The van der Waals surface area contributed by atoms with E-state index in [1.165, 1.54) is 6.20 Å². The summed E-state index contributed by atoms with van der Waals surface area (Å²) in [7, 11) is -0.862. The number of ether oxygens (including phenoxy) is 3. The minimum Gasteiger partial charge on any atom is -0.494 e. The van der Waals surface area contributed by atoms with Gasteiger partial charge in [0, 0.05) is 40.5 Å². The number of halogens is 3. The molecule has 3 atom stereocenters. The molecule has 0 spiro atoms. The van der Waals surface area contributed by atoms with Crippen LogP contribution in [0.15, 0.2) is 36.5 Å². The van der Waals surface area contributed by atoms with Crippen molar-refractivity contribution in [3.05, 3.63) is 69.9 Å². The topological polar surface area (TPSA) is 95.0 Å². The molecular formula is C31H32F3NO6S. The number of carbonyl (C=O) groups is 1. The first-order valence-corrected chi connectivity index (χ1v) is 15.4. The van der Waals surface area contributed by atoms with Crippen LogP contribution in [-0.2, 0) is 28.2 Å². The van der Waals surface area contributed by atoms with Gasteiger partial charge in [-0.25, -0.2) is 4.98 Å². The molecule has 2 aliphatic rings.